The van der Waals surface area contributed by atoms with Gasteiger partial charge in [0.2, 0.25) is 0 Å². The van der Waals surface area contributed by atoms with Crippen LogP contribution < -0.4 is 0 Å². The molecule has 4 aromatic heterocycles. The molecule has 0 aliphatic heterocycles. The van der Waals surface area contributed by atoms with Crippen LogP contribution in [0.4, 0.5) is 0 Å². The maximum Gasteiger partial charge on any atom is 0.0627 e. The highest BCUT2D eigenvalue weighted by Gasteiger charge is 2.20. The van der Waals surface area contributed by atoms with Gasteiger partial charge in [0.05, 0.1) is 22.1 Å². The van der Waals surface area contributed by atoms with Crippen LogP contribution in [0.15, 0.2) is 170 Å². The van der Waals surface area contributed by atoms with Gasteiger partial charge in [-0.1, -0.05) is 109 Å². The molecule has 0 amide bonds. The maximum atomic E-state index is 2.43. The van der Waals surface area contributed by atoms with Crippen molar-refractivity contribution in [2.75, 3.05) is 0 Å². The predicted molar refractivity (Wildman–Crippen MR) is 207 cm³/mol. The molecule has 0 atom stereocenters. The lowest BCUT2D eigenvalue weighted by molar-refractivity contribution is 1.18. The Labute approximate surface area is 286 Å². The van der Waals surface area contributed by atoms with E-state index in [0.29, 0.717) is 0 Å². The lowest BCUT2D eigenvalue weighted by Crippen LogP contribution is -1.94. The van der Waals surface area contributed by atoms with Crippen molar-refractivity contribution in [3.8, 4) is 42.0 Å². The van der Waals surface area contributed by atoms with Gasteiger partial charge in [-0.3, -0.25) is 0 Å². The molecule has 0 N–H and O–H groups in total. The largest absolute Gasteiger partial charge is 0.309 e. The molecular formula is C44H28N2S2. The molecule has 0 bridgehead atoms. The maximum absolute atomic E-state index is 2.43. The number of nitrogens with zero attached hydrogens (tertiary/aromatic N) is 2. The van der Waals surface area contributed by atoms with Crippen LogP contribution in [0.25, 0.3) is 85.6 Å². The van der Waals surface area contributed by atoms with Gasteiger partial charge in [-0.05, 0) is 60.7 Å². The Bertz CT molecular complexity index is 2580. The Kier molecular flexibility index (Phi) is 6.26. The highest BCUT2D eigenvalue weighted by atomic mass is 32.1. The molecule has 2 nitrogen and oxygen atoms in total. The molecule has 226 valence electrons. The summed E-state index contributed by atoms with van der Waals surface area (Å²) in [5, 5.41) is 5.12. The predicted octanol–water partition coefficient (Wildman–Crippen LogP) is 13.0. The number of hydrogen-bond acceptors (Lipinski definition) is 2. The molecule has 10 rings (SSSR count). The molecular weight excluding hydrogens is 621 g/mol. The van der Waals surface area contributed by atoms with E-state index < -0.39 is 0 Å². The minimum absolute atomic E-state index is 1.18. The zero-order valence-electron chi connectivity index (χ0n) is 25.9. The van der Waals surface area contributed by atoms with Crippen molar-refractivity contribution < 1.29 is 0 Å². The number of rotatable bonds is 5. The summed E-state index contributed by atoms with van der Waals surface area (Å²) >= 11 is 3.75. The summed E-state index contributed by atoms with van der Waals surface area (Å²) in [6.07, 6.45) is 0. The number of fused-ring (bicyclic) bond motifs is 6. The Morgan fingerprint density at radius 2 is 0.667 bits per heavy atom. The second kappa shape index (κ2) is 11.0. The van der Waals surface area contributed by atoms with Crippen molar-refractivity contribution in [1.29, 1.82) is 0 Å². The van der Waals surface area contributed by atoms with E-state index in [2.05, 4.69) is 179 Å². The third kappa shape index (κ3) is 4.17. The first-order valence-corrected chi connectivity index (χ1v) is 17.8. The van der Waals surface area contributed by atoms with Crippen LogP contribution in [-0.2, 0) is 0 Å². The number of para-hydroxylation sites is 6. The van der Waals surface area contributed by atoms with Crippen LogP contribution in [0.3, 0.4) is 0 Å². The lowest BCUT2D eigenvalue weighted by Gasteiger charge is -2.10. The van der Waals surface area contributed by atoms with Crippen molar-refractivity contribution in [2.24, 2.45) is 0 Å². The van der Waals surface area contributed by atoms with Gasteiger partial charge in [0.1, 0.15) is 0 Å². The fourth-order valence-corrected chi connectivity index (χ4v) is 9.51. The minimum atomic E-state index is 1.18. The van der Waals surface area contributed by atoms with Crippen molar-refractivity contribution in [3.63, 3.8) is 0 Å². The van der Waals surface area contributed by atoms with Gasteiger partial charge in [0, 0.05) is 63.6 Å². The lowest BCUT2D eigenvalue weighted by atomic mass is 10.1. The molecule has 0 spiro atoms. The monoisotopic (exact) mass is 648 g/mol. The first kappa shape index (κ1) is 27.4. The fourth-order valence-electron chi connectivity index (χ4n) is 7.36. The third-order valence-electron chi connectivity index (χ3n) is 9.40. The molecule has 0 radical (unpaired) electrons. The molecule has 0 aliphatic rings. The molecule has 0 saturated carbocycles. The summed E-state index contributed by atoms with van der Waals surface area (Å²) in [4.78, 5) is 5.13. The van der Waals surface area contributed by atoms with Gasteiger partial charge < -0.3 is 9.13 Å². The molecule has 0 fully saturated rings. The van der Waals surface area contributed by atoms with Crippen molar-refractivity contribution in [1.82, 2.24) is 9.13 Å². The van der Waals surface area contributed by atoms with E-state index in [1.165, 1.54) is 85.6 Å². The van der Waals surface area contributed by atoms with E-state index in [4.69, 9.17) is 0 Å². The molecule has 0 unspecified atom stereocenters. The van der Waals surface area contributed by atoms with E-state index in [1.807, 2.05) is 22.7 Å². The topological polar surface area (TPSA) is 9.86 Å². The number of thiophene rings is 2. The number of hydrogen-bond donors (Lipinski definition) is 0. The van der Waals surface area contributed by atoms with E-state index in [0.717, 1.165) is 0 Å². The summed E-state index contributed by atoms with van der Waals surface area (Å²) in [5.41, 5.74) is 9.85. The van der Waals surface area contributed by atoms with E-state index >= 15 is 0 Å². The highest BCUT2D eigenvalue weighted by Crippen LogP contribution is 2.46. The molecule has 4 heteroatoms. The van der Waals surface area contributed by atoms with Gasteiger partial charge in [-0.15, -0.1) is 22.7 Å². The van der Waals surface area contributed by atoms with Crippen LogP contribution in [0.5, 0.6) is 0 Å². The third-order valence-corrected chi connectivity index (χ3v) is 11.8. The summed E-state index contributed by atoms with van der Waals surface area (Å²) < 4.78 is 4.85. The molecule has 10 aromatic rings. The van der Waals surface area contributed by atoms with Crippen LogP contribution in [-0.4, -0.2) is 9.13 Å². The highest BCUT2D eigenvalue weighted by molar-refractivity contribution is 7.25. The Hall–Kier alpha value is -5.68. The summed E-state index contributed by atoms with van der Waals surface area (Å²) in [5.74, 6) is 0. The molecule has 48 heavy (non-hydrogen) atoms. The summed E-state index contributed by atoms with van der Waals surface area (Å²) in [6, 6.07) is 61.6. The van der Waals surface area contributed by atoms with Crippen molar-refractivity contribution in [3.05, 3.63) is 170 Å². The van der Waals surface area contributed by atoms with Crippen LogP contribution >= 0.6 is 22.7 Å². The van der Waals surface area contributed by atoms with Crippen molar-refractivity contribution in [2.45, 2.75) is 0 Å². The van der Waals surface area contributed by atoms with E-state index in [-0.39, 0.29) is 0 Å². The Morgan fingerprint density at radius 3 is 1.12 bits per heavy atom. The van der Waals surface area contributed by atoms with Crippen molar-refractivity contribution >= 4 is 66.3 Å². The number of benzene rings is 6. The second-order valence-electron chi connectivity index (χ2n) is 12.1. The zero-order chi connectivity index (χ0) is 31.6. The summed E-state index contributed by atoms with van der Waals surface area (Å²) in [7, 11) is 0. The average Bonchev–Trinajstić information content (AvgIpc) is 3.96. The first-order valence-electron chi connectivity index (χ1n) is 16.2. The Morgan fingerprint density at radius 1 is 0.292 bits per heavy atom. The smallest absolute Gasteiger partial charge is 0.0627 e. The number of aromatic nitrogens is 2. The van der Waals surface area contributed by atoms with Gasteiger partial charge in [-0.25, -0.2) is 0 Å². The van der Waals surface area contributed by atoms with Gasteiger partial charge in [-0.2, -0.15) is 0 Å². The molecule has 0 saturated heterocycles. The van der Waals surface area contributed by atoms with Crippen LogP contribution in [0.1, 0.15) is 0 Å². The van der Waals surface area contributed by atoms with Crippen LogP contribution in [0.2, 0.25) is 0 Å². The normalized spacial score (nSPS) is 11.8. The minimum Gasteiger partial charge on any atom is -0.309 e. The van der Waals surface area contributed by atoms with E-state index in [1.54, 1.807) is 0 Å². The second-order valence-corrected chi connectivity index (χ2v) is 14.3. The molecule has 0 aliphatic carbocycles. The quantitative estimate of drug-likeness (QED) is 0.176. The van der Waals surface area contributed by atoms with Gasteiger partial charge in [0.25, 0.3) is 0 Å². The van der Waals surface area contributed by atoms with Crippen LogP contribution in [0, 0.1) is 0 Å². The fraction of sp³-hybridized carbons (Fsp3) is 0. The SMILES string of the molecule is c1ccc(-n2c3ccccc3c3cccc(-c4ccc(-c5ccc(-c6cccc7c8ccccc8n(-c8ccccc8)c67)s5)s4)c32)cc1. The molecule has 6 aromatic carbocycles. The summed E-state index contributed by atoms with van der Waals surface area (Å²) in [6.45, 7) is 0. The first-order chi connectivity index (χ1) is 23.8. The van der Waals surface area contributed by atoms with Gasteiger partial charge >= 0.3 is 0 Å². The zero-order valence-corrected chi connectivity index (χ0v) is 27.5. The Balaban J connectivity index is 1.11. The van der Waals surface area contributed by atoms with E-state index in [9.17, 15) is 0 Å². The standard InChI is InChI=1S/C44H28N2S2/c1-3-13-29(14-4-1)45-37-23-9-7-17-31(37)33-19-11-21-35(43(33)45)39-25-27-41(47-39)42-28-26-40(48-42)36-22-12-20-34-32-18-8-10-24-38(32)46(44(34)36)30-15-5-2-6-16-30/h1-28H. The molecule has 4 heterocycles. The average molecular weight is 649 g/mol. The van der Waals surface area contributed by atoms with Gasteiger partial charge in [0.15, 0.2) is 0 Å².